The average Bonchev–Trinajstić information content (AvgIpc) is 2.31. The zero-order valence-corrected chi connectivity index (χ0v) is 9.31. The molecule has 1 atom stereocenters. The van der Waals surface area contributed by atoms with Crippen LogP contribution in [0.2, 0.25) is 0 Å². The Kier molecular flexibility index (Phi) is 4.27. The van der Waals surface area contributed by atoms with Gasteiger partial charge in [0.15, 0.2) is 11.6 Å². The van der Waals surface area contributed by atoms with Gasteiger partial charge in [-0.1, -0.05) is 0 Å². The molecule has 0 saturated heterocycles. The number of aliphatic hydroxyl groups is 1. The predicted octanol–water partition coefficient (Wildman–Crippen LogP) is 0.984. The van der Waals surface area contributed by atoms with Crippen molar-refractivity contribution in [1.29, 1.82) is 0 Å². The smallest absolute Gasteiger partial charge is 0.285 e. The highest BCUT2D eigenvalue weighted by atomic mass is 19.2. The van der Waals surface area contributed by atoms with Gasteiger partial charge in [0.1, 0.15) is 5.56 Å². The Morgan fingerprint density at radius 1 is 1.50 bits per heavy atom. The van der Waals surface area contributed by atoms with E-state index in [-0.39, 0.29) is 6.61 Å². The van der Waals surface area contributed by atoms with Gasteiger partial charge in [-0.05, 0) is 13.0 Å². The lowest BCUT2D eigenvalue weighted by Gasteiger charge is -2.11. The zero-order chi connectivity index (χ0) is 13.9. The molecule has 0 spiro atoms. The van der Waals surface area contributed by atoms with Crippen molar-refractivity contribution in [2.24, 2.45) is 0 Å². The van der Waals surface area contributed by atoms with Crippen LogP contribution in [0.3, 0.4) is 0 Å². The van der Waals surface area contributed by atoms with Crippen molar-refractivity contribution in [3.05, 3.63) is 39.4 Å². The molecular weight excluding hydrogens is 250 g/mol. The molecule has 0 aliphatic rings. The first kappa shape index (κ1) is 14.0. The van der Waals surface area contributed by atoms with E-state index in [9.17, 15) is 23.7 Å². The number of benzene rings is 1. The average molecular weight is 260 g/mol. The molecular formula is C10H10F2N2O4. The fourth-order valence-corrected chi connectivity index (χ4v) is 1.22. The van der Waals surface area contributed by atoms with Crippen molar-refractivity contribution in [2.45, 2.75) is 13.0 Å². The summed E-state index contributed by atoms with van der Waals surface area (Å²) < 4.78 is 25.8. The summed E-state index contributed by atoms with van der Waals surface area (Å²) in [4.78, 5) is 21.2. The topological polar surface area (TPSA) is 92.5 Å². The third-order valence-corrected chi connectivity index (χ3v) is 2.13. The van der Waals surface area contributed by atoms with E-state index in [0.717, 1.165) is 0 Å². The molecule has 0 aliphatic heterocycles. The molecule has 0 radical (unpaired) electrons. The van der Waals surface area contributed by atoms with Crippen LogP contribution in [-0.2, 0) is 0 Å². The second-order valence-electron chi connectivity index (χ2n) is 3.60. The number of nitrogens with one attached hydrogen (secondary N) is 1. The predicted molar refractivity (Wildman–Crippen MR) is 57.0 cm³/mol. The highest BCUT2D eigenvalue weighted by molar-refractivity contribution is 5.98. The van der Waals surface area contributed by atoms with Crippen molar-refractivity contribution in [3.8, 4) is 0 Å². The molecule has 0 fully saturated rings. The summed E-state index contributed by atoms with van der Waals surface area (Å²) in [5, 5.41) is 21.6. The number of hydrogen-bond acceptors (Lipinski definition) is 4. The Hall–Kier alpha value is -2.09. The zero-order valence-electron chi connectivity index (χ0n) is 9.31. The summed E-state index contributed by atoms with van der Waals surface area (Å²) in [7, 11) is 0. The lowest BCUT2D eigenvalue weighted by molar-refractivity contribution is -0.385. The van der Waals surface area contributed by atoms with Crippen LogP contribution in [0, 0.1) is 21.7 Å². The number of amides is 1. The third kappa shape index (κ3) is 2.98. The SMILES string of the molecule is C[C@@H](CO)NC(=O)c1cc(F)c(F)cc1[N+](=O)[O-]. The minimum absolute atomic E-state index is 0.341. The Morgan fingerprint density at radius 3 is 2.56 bits per heavy atom. The second kappa shape index (κ2) is 5.50. The van der Waals surface area contributed by atoms with Gasteiger partial charge in [-0.2, -0.15) is 0 Å². The van der Waals surface area contributed by atoms with E-state index in [4.69, 9.17) is 5.11 Å². The minimum atomic E-state index is -1.41. The van der Waals surface area contributed by atoms with Crippen molar-refractivity contribution >= 4 is 11.6 Å². The quantitative estimate of drug-likeness (QED) is 0.623. The molecule has 0 aromatic heterocycles. The molecule has 18 heavy (non-hydrogen) atoms. The summed E-state index contributed by atoms with van der Waals surface area (Å²) in [6, 6.07) is 0.131. The van der Waals surface area contributed by atoms with Gasteiger partial charge in [0.05, 0.1) is 17.6 Å². The van der Waals surface area contributed by atoms with Gasteiger partial charge in [-0.25, -0.2) is 8.78 Å². The normalized spacial score (nSPS) is 12.0. The van der Waals surface area contributed by atoms with E-state index in [2.05, 4.69) is 5.32 Å². The molecule has 0 unspecified atom stereocenters. The molecule has 1 amide bonds. The molecule has 1 aromatic carbocycles. The van der Waals surface area contributed by atoms with Crippen LogP contribution in [0.4, 0.5) is 14.5 Å². The standard InChI is InChI=1S/C10H10F2N2O4/c1-5(4-15)13-10(16)6-2-7(11)8(12)3-9(6)14(17)18/h2-3,5,15H,4H2,1H3,(H,13,16)/t5-/m0/s1. The second-order valence-corrected chi connectivity index (χ2v) is 3.60. The fourth-order valence-electron chi connectivity index (χ4n) is 1.22. The summed E-state index contributed by atoms with van der Waals surface area (Å²) >= 11 is 0. The molecule has 8 heteroatoms. The van der Waals surface area contributed by atoms with Crippen molar-refractivity contribution in [3.63, 3.8) is 0 Å². The van der Waals surface area contributed by atoms with Crippen LogP contribution in [0.25, 0.3) is 0 Å². The van der Waals surface area contributed by atoms with Crippen LogP contribution in [0.1, 0.15) is 17.3 Å². The van der Waals surface area contributed by atoms with E-state index in [1.165, 1.54) is 6.92 Å². The van der Waals surface area contributed by atoms with E-state index < -0.39 is 39.8 Å². The van der Waals surface area contributed by atoms with Crippen LogP contribution in [-0.4, -0.2) is 28.6 Å². The number of nitro benzene ring substituents is 1. The number of aliphatic hydroxyl groups excluding tert-OH is 1. The van der Waals surface area contributed by atoms with Crippen LogP contribution in [0.5, 0.6) is 0 Å². The minimum Gasteiger partial charge on any atom is -0.394 e. The maximum atomic E-state index is 13.0. The Balaban J connectivity index is 3.18. The first-order valence-corrected chi connectivity index (χ1v) is 4.92. The maximum Gasteiger partial charge on any atom is 0.285 e. The van der Waals surface area contributed by atoms with Gasteiger partial charge in [0, 0.05) is 6.04 Å². The highest BCUT2D eigenvalue weighted by Gasteiger charge is 2.24. The van der Waals surface area contributed by atoms with Gasteiger partial charge in [0.2, 0.25) is 0 Å². The molecule has 6 nitrogen and oxygen atoms in total. The molecule has 0 saturated carbocycles. The summed E-state index contributed by atoms with van der Waals surface area (Å²) in [5.41, 5.74) is -1.43. The van der Waals surface area contributed by atoms with Gasteiger partial charge in [-0.3, -0.25) is 14.9 Å². The molecule has 2 N–H and O–H groups in total. The van der Waals surface area contributed by atoms with Crippen LogP contribution < -0.4 is 5.32 Å². The van der Waals surface area contributed by atoms with E-state index in [0.29, 0.717) is 12.1 Å². The van der Waals surface area contributed by atoms with E-state index >= 15 is 0 Å². The molecule has 1 rings (SSSR count). The molecule has 0 aliphatic carbocycles. The number of halogens is 2. The Bertz CT molecular complexity index is 493. The van der Waals surface area contributed by atoms with Gasteiger partial charge >= 0.3 is 0 Å². The first-order valence-electron chi connectivity index (χ1n) is 4.92. The molecule has 0 heterocycles. The lowest BCUT2D eigenvalue weighted by atomic mass is 10.1. The molecule has 98 valence electrons. The Labute approximate surface area is 100 Å². The lowest BCUT2D eigenvalue weighted by Crippen LogP contribution is -2.35. The maximum absolute atomic E-state index is 13.0. The largest absolute Gasteiger partial charge is 0.394 e. The summed E-state index contributed by atoms with van der Waals surface area (Å²) in [6.45, 7) is 1.06. The first-order chi connectivity index (χ1) is 8.36. The van der Waals surface area contributed by atoms with Gasteiger partial charge in [-0.15, -0.1) is 0 Å². The van der Waals surface area contributed by atoms with E-state index in [1.54, 1.807) is 0 Å². The number of carbonyl (C=O) groups excluding carboxylic acids is 1. The molecule has 0 bridgehead atoms. The number of carbonyl (C=O) groups is 1. The van der Waals surface area contributed by atoms with Crippen LogP contribution >= 0.6 is 0 Å². The van der Waals surface area contributed by atoms with Crippen molar-refractivity contribution in [2.75, 3.05) is 6.61 Å². The molecule has 1 aromatic rings. The number of rotatable bonds is 4. The van der Waals surface area contributed by atoms with Crippen molar-refractivity contribution in [1.82, 2.24) is 5.32 Å². The number of hydrogen-bond donors (Lipinski definition) is 2. The number of nitro groups is 1. The third-order valence-electron chi connectivity index (χ3n) is 2.13. The van der Waals surface area contributed by atoms with Crippen molar-refractivity contribution < 1.29 is 23.6 Å². The fraction of sp³-hybridized carbons (Fsp3) is 0.300. The van der Waals surface area contributed by atoms with Gasteiger partial charge < -0.3 is 10.4 Å². The Morgan fingerprint density at radius 2 is 2.06 bits per heavy atom. The highest BCUT2D eigenvalue weighted by Crippen LogP contribution is 2.22. The summed E-state index contributed by atoms with van der Waals surface area (Å²) in [5.74, 6) is -3.72. The van der Waals surface area contributed by atoms with Gasteiger partial charge in [0.25, 0.3) is 11.6 Å². The van der Waals surface area contributed by atoms with Crippen LogP contribution in [0.15, 0.2) is 12.1 Å². The van der Waals surface area contributed by atoms with E-state index in [1.807, 2.05) is 0 Å². The summed E-state index contributed by atoms with van der Waals surface area (Å²) in [6.07, 6.45) is 0. The number of nitrogens with zero attached hydrogens (tertiary/aromatic N) is 1. The monoisotopic (exact) mass is 260 g/mol.